The normalized spacial score (nSPS) is 11.1. The number of carbonyl (C=O) groups is 2. The first-order valence-electron chi connectivity index (χ1n) is 3.82. The maximum absolute atomic E-state index is 12.6. The molecule has 0 atom stereocenters. The standard InChI is InChI=1S/C8H11FO4/c1-2-13-8(12)6(9)4-3-5-7(10)11/h4H,2-3,5H2,1H3,(H,10,11)/b6-4-. The highest BCUT2D eigenvalue weighted by Crippen LogP contribution is 2.03. The van der Waals surface area contributed by atoms with Crippen molar-refractivity contribution in [3.8, 4) is 0 Å². The third kappa shape index (κ3) is 5.84. The molecule has 0 aromatic rings. The summed E-state index contributed by atoms with van der Waals surface area (Å²) >= 11 is 0. The molecule has 0 aliphatic heterocycles. The van der Waals surface area contributed by atoms with Gasteiger partial charge in [0.05, 0.1) is 6.61 Å². The Hall–Kier alpha value is -1.39. The molecule has 0 spiro atoms. The van der Waals surface area contributed by atoms with E-state index in [4.69, 9.17) is 5.11 Å². The highest BCUT2D eigenvalue weighted by molar-refractivity contribution is 5.85. The highest BCUT2D eigenvalue weighted by atomic mass is 19.1. The lowest BCUT2D eigenvalue weighted by Crippen LogP contribution is -2.04. The summed E-state index contributed by atoms with van der Waals surface area (Å²) in [5.74, 6) is -3.12. The van der Waals surface area contributed by atoms with Gasteiger partial charge in [0.2, 0.25) is 5.83 Å². The van der Waals surface area contributed by atoms with Crippen molar-refractivity contribution in [2.45, 2.75) is 19.8 Å². The lowest BCUT2D eigenvalue weighted by molar-refractivity contribution is -0.140. The molecule has 0 aliphatic carbocycles. The van der Waals surface area contributed by atoms with Crippen LogP contribution in [0, 0.1) is 0 Å². The van der Waals surface area contributed by atoms with Gasteiger partial charge in [0.15, 0.2) is 0 Å². The number of esters is 1. The van der Waals surface area contributed by atoms with E-state index in [1.807, 2.05) is 0 Å². The van der Waals surface area contributed by atoms with Gasteiger partial charge in [-0.15, -0.1) is 0 Å². The highest BCUT2D eigenvalue weighted by Gasteiger charge is 2.08. The van der Waals surface area contributed by atoms with Gasteiger partial charge in [-0.1, -0.05) is 0 Å². The number of carbonyl (C=O) groups excluding carboxylic acids is 1. The molecule has 0 radical (unpaired) electrons. The number of aliphatic carboxylic acids is 1. The first-order valence-corrected chi connectivity index (χ1v) is 3.82. The van der Waals surface area contributed by atoms with Crippen LogP contribution in [0.25, 0.3) is 0 Å². The van der Waals surface area contributed by atoms with Gasteiger partial charge < -0.3 is 9.84 Å². The molecular formula is C8H11FO4. The van der Waals surface area contributed by atoms with E-state index < -0.39 is 17.8 Å². The van der Waals surface area contributed by atoms with Gasteiger partial charge in [0, 0.05) is 6.42 Å². The molecule has 0 aliphatic rings. The number of carboxylic acids is 1. The van der Waals surface area contributed by atoms with Gasteiger partial charge in [-0.2, -0.15) is 4.39 Å². The second-order valence-corrected chi connectivity index (χ2v) is 2.20. The maximum atomic E-state index is 12.6. The van der Waals surface area contributed by atoms with Crippen LogP contribution in [0.4, 0.5) is 4.39 Å². The summed E-state index contributed by atoms with van der Waals surface area (Å²) < 4.78 is 17.0. The molecule has 4 nitrogen and oxygen atoms in total. The summed E-state index contributed by atoms with van der Waals surface area (Å²) in [6.07, 6.45) is 0.693. The fourth-order valence-corrected chi connectivity index (χ4v) is 0.606. The van der Waals surface area contributed by atoms with Crippen LogP contribution in [0.1, 0.15) is 19.8 Å². The third-order valence-electron chi connectivity index (χ3n) is 1.15. The first kappa shape index (κ1) is 11.6. The average molecular weight is 190 g/mol. The Bertz CT molecular complexity index is 222. The van der Waals surface area contributed by atoms with Crippen LogP contribution in [0.2, 0.25) is 0 Å². The molecule has 0 bridgehead atoms. The SMILES string of the molecule is CCOC(=O)/C(F)=C/CCC(=O)O. The molecule has 0 aromatic carbocycles. The molecule has 0 amide bonds. The van der Waals surface area contributed by atoms with E-state index >= 15 is 0 Å². The quantitative estimate of drug-likeness (QED) is 0.523. The topological polar surface area (TPSA) is 63.6 Å². The summed E-state index contributed by atoms with van der Waals surface area (Å²) in [5, 5.41) is 8.20. The van der Waals surface area contributed by atoms with E-state index in [-0.39, 0.29) is 19.4 Å². The van der Waals surface area contributed by atoms with E-state index in [1.165, 1.54) is 0 Å². The molecule has 0 heterocycles. The van der Waals surface area contributed by atoms with Crippen molar-refractivity contribution in [3.63, 3.8) is 0 Å². The van der Waals surface area contributed by atoms with Gasteiger partial charge in [-0.25, -0.2) is 4.79 Å². The Morgan fingerprint density at radius 2 is 2.15 bits per heavy atom. The number of allylic oxidation sites excluding steroid dienone is 1. The zero-order valence-electron chi connectivity index (χ0n) is 7.25. The van der Waals surface area contributed by atoms with Gasteiger partial charge in [0.1, 0.15) is 0 Å². The van der Waals surface area contributed by atoms with Crippen molar-refractivity contribution in [1.82, 2.24) is 0 Å². The first-order chi connectivity index (χ1) is 6.07. The molecule has 0 saturated heterocycles. The van der Waals surface area contributed by atoms with E-state index in [2.05, 4.69) is 4.74 Å². The van der Waals surface area contributed by atoms with Crippen LogP contribution in [0.15, 0.2) is 11.9 Å². The minimum atomic E-state index is -1.05. The molecular weight excluding hydrogens is 179 g/mol. The second-order valence-electron chi connectivity index (χ2n) is 2.20. The fourth-order valence-electron chi connectivity index (χ4n) is 0.606. The van der Waals surface area contributed by atoms with Gasteiger partial charge in [-0.3, -0.25) is 4.79 Å². The summed E-state index contributed by atoms with van der Waals surface area (Å²) in [7, 11) is 0. The molecule has 0 saturated carbocycles. The smallest absolute Gasteiger partial charge is 0.366 e. The summed E-state index contributed by atoms with van der Waals surface area (Å²) in [6.45, 7) is 1.65. The van der Waals surface area contributed by atoms with E-state index in [1.54, 1.807) is 6.92 Å². The van der Waals surface area contributed by atoms with Crippen LogP contribution in [0.5, 0.6) is 0 Å². The monoisotopic (exact) mass is 190 g/mol. The van der Waals surface area contributed by atoms with Gasteiger partial charge in [-0.05, 0) is 19.4 Å². The molecule has 0 unspecified atom stereocenters. The van der Waals surface area contributed by atoms with Crippen molar-refractivity contribution < 1.29 is 23.8 Å². The number of hydrogen-bond donors (Lipinski definition) is 1. The number of halogens is 1. The van der Waals surface area contributed by atoms with E-state index in [0.29, 0.717) is 0 Å². The van der Waals surface area contributed by atoms with Crippen molar-refractivity contribution in [1.29, 1.82) is 0 Å². The Morgan fingerprint density at radius 3 is 2.62 bits per heavy atom. The predicted molar refractivity (Wildman–Crippen MR) is 42.7 cm³/mol. The number of rotatable bonds is 5. The van der Waals surface area contributed by atoms with Gasteiger partial charge in [0.25, 0.3) is 0 Å². The van der Waals surface area contributed by atoms with Crippen molar-refractivity contribution in [3.05, 3.63) is 11.9 Å². The Balaban J connectivity index is 3.87. The van der Waals surface area contributed by atoms with Crippen LogP contribution >= 0.6 is 0 Å². The molecule has 0 aromatic heterocycles. The number of ether oxygens (including phenoxy) is 1. The van der Waals surface area contributed by atoms with Crippen molar-refractivity contribution in [2.24, 2.45) is 0 Å². The van der Waals surface area contributed by atoms with Crippen LogP contribution in [-0.4, -0.2) is 23.7 Å². The summed E-state index contributed by atoms with van der Waals surface area (Å²) in [6, 6.07) is 0. The Kier molecular flexibility index (Phi) is 5.50. The minimum absolute atomic E-state index is 0.0139. The van der Waals surface area contributed by atoms with Crippen LogP contribution in [-0.2, 0) is 14.3 Å². The predicted octanol–water partition coefficient (Wildman–Crippen LogP) is 1.27. The molecule has 5 heteroatoms. The van der Waals surface area contributed by atoms with E-state index in [9.17, 15) is 14.0 Å². The maximum Gasteiger partial charge on any atom is 0.366 e. The summed E-state index contributed by atoms with van der Waals surface area (Å²) in [4.78, 5) is 20.6. The Morgan fingerprint density at radius 1 is 1.54 bits per heavy atom. The Labute approximate surface area is 75.0 Å². The average Bonchev–Trinajstić information content (AvgIpc) is 2.04. The van der Waals surface area contributed by atoms with Gasteiger partial charge >= 0.3 is 11.9 Å². The third-order valence-corrected chi connectivity index (χ3v) is 1.15. The lowest BCUT2D eigenvalue weighted by Gasteiger charge is -1.97. The molecule has 1 N–H and O–H groups in total. The minimum Gasteiger partial charge on any atom is -0.481 e. The second kappa shape index (κ2) is 6.16. The zero-order valence-corrected chi connectivity index (χ0v) is 7.25. The van der Waals surface area contributed by atoms with Crippen molar-refractivity contribution >= 4 is 11.9 Å². The summed E-state index contributed by atoms with van der Waals surface area (Å²) in [5.41, 5.74) is 0. The molecule has 0 rings (SSSR count). The zero-order chi connectivity index (χ0) is 10.3. The largest absolute Gasteiger partial charge is 0.481 e. The lowest BCUT2D eigenvalue weighted by atomic mass is 10.3. The molecule has 0 fully saturated rings. The molecule has 13 heavy (non-hydrogen) atoms. The molecule has 74 valence electrons. The fraction of sp³-hybridized carbons (Fsp3) is 0.500. The number of hydrogen-bond acceptors (Lipinski definition) is 3. The van der Waals surface area contributed by atoms with Crippen molar-refractivity contribution in [2.75, 3.05) is 6.61 Å². The van der Waals surface area contributed by atoms with E-state index in [0.717, 1.165) is 6.08 Å². The number of carboxylic acid groups (broad SMARTS) is 1. The van der Waals surface area contributed by atoms with Crippen LogP contribution < -0.4 is 0 Å². The van der Waals surface area contributed by atoms with Crippen LogP contribution in [0.3, 0.4) is 0 Å².